The van der Waals surface area contributed by atoms with Crippen molar-refractivity contribution in [2.45, 2.75) is 19.4 Å². The van der Waals surface area contributed by atoms with Gasteiger partial charge in [0.2, 0.25) is 5.95 Å². The van der Waals surface area contributed by atoms with E-state index in [2.05, 4.69) is 76.1 Å². The summed E-state index contributed by atoms with van der Waals surface area (Å²) >= 11 is 6.54. The first-order valence-electron chi connectivity index (χ1n) is 11.5. The highest BCUT2D eigenvalue weighted by molar-refractivity contribution is 6.33. The van der Waals surface area contributed by atoms with Crippen molar-refractivity contribution in [1.82, 2.24) is 19.4 Å². The summed E-state index contributed by atoms with van der Waals surface area (Å²) in [4.78, 5) is 13.8. The fraction of sp³-hybridized carbons (Fsp3) is 0.308. The Labute approximate surface area is 205 Å². The lowest BCUT2D eigenvalue weighted by atomic mass is 10.1. The van der Waals surface area contributed by atoms with Crippen LogP contribution in [0.1, 0.15) is 12.0 Å². The first-order valence-corrected chi connectivity index (χ1v) is 11.8. The Morgan fingerprint density at radius 3 is 2.76 bits per heavy atom. The van der Waals surface area contributed by atoms with E-state index in [1.54, 1.807) is 6.20 Å². The van der Waals surface area contributed by atoms with Crippen LogP contribution in [0, 0.1) is 6.92 Å². The van der Waals surface area contributed by atoms with E-state index in [-0.39, 0.29) is 0 Å². The van der Waals surface area contributed by atoms with Crippen LogP contribution >= 0.6 is 11.6 Å². The number of fused-ring (bicyclic) bond motifs is 1. The molecule has 2 aromatic heterocycles. The van der Waals surface area contributed by atoms with Gasteiger partial charge in [-0.25, -0.2) is 9.97 Å². The molecule has 1 atom stereocenters. The highest BCUT2D eigenvalue weighted by Gasteiger charge is 2.25. The second-order valence-electron chi connectivity index (χ2n) is 9.27. The van der Waals surface area contributed by atoms with Crippen LogP contribution in [-0.4, -0.2) is 52.7 Å². The van der Waals surface area contributed by atoms with Gasteiger partial charge in [0, 0.05) is 49.0 Å². The molecule has 176 valence electrons. The molecule has 4 aromatic rings. The second-order valence-corrected chi connectivity index (χ2v) is 9.67. The quantitative estimate of drug-likeness (QED) is 0.393. The zero-order chi connectivity index (χ0) is 24.0. The molecule has 2 aromatic carbocycles. The smallest absolute Gasteiger partial charge is 0.227 e. The van der Waals surface area contributed by atoms with Crippen molar-refractivity contribution in [3.8, 4) is 11.3 Å². The molecule has 1 aliphatic rings. The summed E-state index contributed by atoms with van der Waals surface area (Å²) in [6.07, 6.45) is 4.85. The lowest BCUT2D eigenvalue weighted by molar-refractivity contribution is 0.315. The molecule has 3 N–H and O–H groups in total. The summed E-state index contributed by atoms with van der Waals surface area (Å²) in [5.74, 6) is 0.477. The molecule has 34 heavy (non-hydrogen) atoms. The second kappa shape index (κ2) is 8.81. The standard InChI is InChI=1S/C26H30ClN7/c1-16-6-5-7-19-20(15-33(4)25(16)19)24-21(27)13-29-26(31-24)30-17-8-9-23(22(28)12-17)34-11-10-18(14-34)32(2)3/h5-9,12-13,15,18H,10-11,14,28H2,1-4H3,(H,29,30,31)/t18-/m1/s1. The molecule has 0 unspecified atom stereocenters. The van der Waals surface area contributed by atoms with Crippen LogP contribution in [-0.2, 0) is 7.05 Å². The number of hydrogen-bond acceptors (Lipinski definition) is 6. The molecular weight excluding hydrogens is 446 g/mol. The summed E-state index contributed by atoms with van der Waals surface area (Å²) in [5, 5.41) is 4.93. The molecular formula is C26H30ClN7. The SMILES string of the molecule is Cc1cccc2c(-c3nc(Nc4ccc(N5CC[C@@H](N(C)C)C5)c(N)c4)ncc3Cl)cn(C)c12. The van der Waals surface area contributed by atoms with Crippen LogP contribution in [0.5, 0.6) is 0 Å². The number of para-hydroxylation sites is 1. The number of hydrogen-bond donors (Lipinski definition) is 2. The molecule has 1 fully saturated rings. The topological polar surface area (TPSA) is 75.2 Å². The number of aryl methyl sites for hydroxylation is 2. The molecule has 0 spiro atoms. The van der Waals surface area contributed by atoms with Crippen molar-refractivity contribution >= 4 is 45.5 Å². The van der Waals surface area contributed by atoms with Gasteiger partial charge in [0.25, 0.3) is 0 Å². The molecule has 0 saturated carbocycles. The third-order valence-corrected chi connectivity index (χ3v) is 7.00. The van der Waals surface area contributed by atoms with Crippen LogP contribution in [0.15, 0.2) is 48.8 Å². The van der Waals surface area contributed by atoms with Crippen LogP contribution in [0.4, 0.5) is 23.0 Å². The van der Waals surface area contributed by atoms with Gasteiger partial charge in [-0.2, -0.15) is 0 Å². The number of nitrogens with two attached hydrogens (primary N) is 1. The Hall–Kier alpha value is -3.29. The largest absolute Gasteiger partial charge is 0.397 e. The predicted octanol–water partition coefficient (Wildman–Crippen LogP) is 5.06. The predicted molar refractivity (Wildman–Crippen MR) is 142 cm³/mol. The summed E-state index contributed by atoms with van der Waals surface area (Å²) in [5.41, 5.74) is 13.1. The lowest BCUT2D eigenvalue weighted by Crippen LogP contribution is -2.31. The zero-order valence-electron chi connectivity index (χ0n) is 20.0. The third kappa shape index (κ3) is 4.06. The average molecular weight is 476 g/mol. The highest BCUT2D eigenvalue weighted by Crippen LogP contribution is 2.35. The van der Waals surface area contributed by atoms with E-state index in [0.29, 0.717) is 22.7 Å². The Morgan fingerprint density at radius 1 is 1.21 bits per heavy atom. The minimum Gasteiger partial charge on any atom is -0.397 e. The number of nitrogen functional groups attached to an aromatic ring is 1. The monoisotopic (exact) mass is 475 g/mol. The summed E-state index contributed by atoms with van der Waals surface area (Å²) < 4.78 is 2.12. The molecule has 3 heterocycles. The van der Waals surface area contributed by atoms with Crippen molar-refractivity contribution in [3.63, 3.8) is 0 Å². The number of nitrogens with zero attached hydrogens (tertiary/aromatic N) is 5. The molecule has 7 nitrogen and oxygen atoms in total. The first-order chi connectivity index (χ1) is 16.3. The van der Waals surface area contributed by atoms with Crippen LogP contribution in [0.2, 0.25) is 5.02 Å². The highest BCUT2D eigenvalue weighted by atomic mass is 35.5. The number of benzene rings is 2. The Morgan fingerprint density at radius 2 is 2.03 bits per heavy atom. The molecule has 1 aliphatic heterocycles. The van der Waals surface area contributed by atoms with Gasteiger partial charge in [-0.15, -0.1) is 0 Å². The van der Waals surface area contributed by atoms with Crippen molar-refractivity contribution in [2.75, 3.05) is 43.1 Å². The van der Waals surface area contributed by atoms with E-state index in [9.17, 15) is 0 Å². The normalized spacial score (nSPS) is 16.1. The third-order valence-electron chi connectivity index (χ3n) is 6.72. The average Bonchev–Trinajstić information content (AvgIpc) is 3.41. The Balaban J connectivity index is 1.42. The van der Waals surface area contributed by atoms with Gasteiger partial charge in [0.05, 0.1) is 33.8 Å². The number of likely N-dealkylation sites (N-methyl/N-ethyl adjacent to an activating group) is 1. The minimum absolute atomic E-state index is 0.477. The van der Waals surface area contributed by atoms with Crippen LogP contribution < -0.4 is 16.0 Å². The lowest BCUT2D eigenvalue weighted by Gasteiger charge is -2.23. The fourth-order valence-corrected chi connectivity index (χ4v) is 5.10. The number of aromatic nitrogens is 3. The molecule has 1 saturated heterocycles. The fourth-order valence-electron chi connectivity index (χ4n) is 4.91. The molecule has 0 aliphatic carbocycles. The minimum atomic E-state index is 0.477. The molecule has 5 rings (SSSR count). The summed E-state index contributed by atoms with van der Waals surface area (Å²) in [6, 6.07) is 12.8. The van der Waals surface area contributed by atoms with E-state index in [1.165, 1.54) is 11.1 Å². The maximum absolute atomic E-state index is 6.54. The molecule has 0 radical (unpaired) electrons. The number of rotatable bonds is 5. The van der Waals surface area contributed by atoms with Gasteiger partial charge in [-0.3, -0.25) is 0 Å². The van der Waals surface area contributed by atoms with Crippen molar-refractivity contribution in [3.05, 3.63) is 59.4 Å². The van der Waals surface area contributed by atoms with E-state index < -0.39 is 0 Å². The van der Waals surface area contributed by atoms with E-state index >= 15 is 0 Å². The van der Waals surface area contributed by atoms with Gasteiger partial charge in [0.1, 0.15) is 0 Å². The van der Waals surface area contributed by atoms with Crippen molar-refractivity contribution < 1.29 is 0 Å². The van der Waals surface area contributed by atoms with Crippen LogP contribution in [0.3, 0.4) is 0 Å². The summed E-state index contributed by atoms with van der Waals surface area (Å²) in [7, 11) is 6.30. The van der Waals surface area contributed by atoms with Crippen molar-refractivity contribution in [1.29, 1.82) is 0 Å². The van der Waals surface area contributed by atoms with Gasteiger partial charge < -0.3 is 25.4 Å². The molecule has 0 amide bonds. The number of halogens is 1. The van der Waals surface area contributed by atoms with Gasteiger partial charge in [-0.05, 0) is 51.2 Å². The zero-order valence-corrected chi connectivity index (χ0v) is 20.8. The maximum atomic E-state index is 6.54. The van der Waals surface area contributed by atoms with E-state index in [0.717, 1.165) is 47.5 Å². The van der Waals surface area contributed by atoms with Crippen LogP contribution in [0.25, 0.3) is 22.2 Å². The maximum Gasteiger partial charge on any atom is 0.227 e. The van der Waals surface area contributed by atoms with Crippen molar-refractivity contribution in [2.24, 2.45) is 7.05 Å². The van der Waals surface area contributed by atoms with Gasteiger partial charge >= 0.3 is 0 Å². The Kier molecular flexibility index (Phi) is 5.83. The van der Waals surface area contributed by atoms with Gasteiger partial charge in [0.15, 0.2) is 0 Å². The Bertz CT molecular complexity index is 1360. The van der Waals surface area contributed by atoms with Gasteiger partial charge in [-0.1, -0.05) is 29.8 Å². The molecule has 0 bridgehead atoms. The number of nitrogens with one attached hydrogen (secondary N) is 1. The van der Waals surface area contributed by atoms with E-state index in [1.807, 2.05) is 19.2 Å². The first kappa shape index (κ1) is 22.5. The number of anilines is 4. The summed E-state index contributed by atoms with van der Waals surface area (Å²) in [6.45, 7) is 4.10. The van der Waals surface area contributed by atoms with E-state index in [4.69, 9.17) is 22.3 Å². The molecule has 8 heteroatoms.